The maximum atomic E-state index is 15.7. The van der Waals surface area contributed by atoms with Crippen LogP contribution in [0.3, 0.4) is 0 Å². The SMILES string of the molecule is O=C1C2=C(c3ccc(N(c4ccc5ccccc5c4)c4ccc5ccccc5c4)cc3)N(Cc3ccccc3)C(=O)C2=C(c2ccc(N(c3ccc4ccccc4c3)c3ccc4ccccc4c3)cc2)N1Cc1ccccc1. The molecule has 0 aromatic heterocycles. The minimum atomic E-state index is -0.209. The molecule has 0 spiro atoms. The molecule has 2 aliphatic heterocycles. The standard InChI is InChI=1S/C72H50N4O2/c77-71-68-67(69(73(71)47-49-15-3-1-4-16-49)55-31-35-61(36-32-55)75(63-39-27-51-19-7-11-23-57(51)43-63)64-40-28-52-20-8-12-24-58(52)44-64)72(78)74(48-50-17-5-2-6-18-50)70(68)56-33-37-62(38-34-56)76(65-41-29-53-21-9-13-25-59(53)45-65)66-42-30-54-22-10-14-26-60(54)46-66/h1-46H,47-48H2. The minimum absolute atomic E-state index is 0.209. The first-order valence-electron chi connectivity index (χ1n) is 26.5. The number of hydrogen-bond acceptors (Lipinski definition) is 4. The second kappa shape index (κ2) is 19.4. The van der Waals surface area contributed by atoms with Crippen LogP contribution in [0.4, 0.5) is 34.1 Å². The lowest BCUT2D eigenvalue weighted by Crippen LogP contribution is -2.29. The Balaban J connectivity index is 0.916. The van der Waals surface area contributed by atoms with Crippen LogP contribution in [0.25, 0.3) is 54.5 Å². The Morgan fingerprint density at radius 1 is 0.256 bits per heavy atom. The highest BCUT2D eigenvalue weighted by atomic mass is 16.2. The van der Waals surface area contributed by atoms with Gasteiger partial charge in [0.15, 0.2) is 0 Å². The third kappa shape index (κ3) is 8.33. The summed E-state index contributed by atoms with van der Waals surface area (Å²) >= 11 is 0. The molecule has 0 fully saturated rings. The molecule has 12 aromatic rings. The zero-order valence-electron chi connectivity index (χ0n) is 42.6. The van der Waals surface area contributed by atoms with Gasteiger partial charge in [0, 0.05) is 34.1 Å². The van der Waals surface area contributed by atoms with Crippen LogP contribution < -0.4 is 9.80 Å². The fourth-order valence-electron chi connectivity index (χ4n) is 11.5. The molecule has 0 atom stereocenters. The van der Waals surface area contributed by atoms with Gasteiger partial charge in [-0.2, -0.15) is 0 Å². The molecule has 0 aliphatic carbocycles. The molecule has 0 radical (unpaired) electrons. The first kappa shape index (κ1) is 46.2. The molecule has 12 aromatic carbocycles. The Bertz CT molecular complexity index is 3930. The number of benzene rings is 12. The van der Waals surface area contributed by atoms with E-state index < -0.39 is 0 Å². The summed E-state index contributed by atoms with van der Waals surface area (Å²) in [6, 6.07) is 96.7. The number of nitrogens with zero attached hydrogens (tertiary/aromatic N) is 4. The van der Waals surface area contributed by atoms with E-state index in [1.165, 1.54) is 21.5 Å². The normalized spacial score (nSPS) is 13.4. The van der Waals surface area contributed by atoms with Crippen molar-refractivity contribution in [1.29, 1.82) is 0 Å². The summed E-state index contributed by atoms with van der Waals surface area (Å²) in [5.41, 5.74) is 11.4. The molecule has 370 valence electrons. The number of carbonyl (C=O) groups excluding carboxylic acids is 2. The Hall–Kier alpha value is -10.3. The van der Waals surface area contributed by atoms with Gasteiger partial charge in [0.1, 0.15) is 0 Å². The van der Waals surface area contributed by atoms with Crippen molar-refractivity contribution in [3.63, 3.8) is 0 Å². The van der Waals surface area contributed by atoms with E-state index in [0.29, 0.717) is 22.5 Å². The smallest absolute Gasteiger partial charge is 0.261 e. The van der Waals surface area contributed by atoms with Gasteiger partial charge >= 0.3 is 0 Å². The quantitative estimate of drug-likeness (QED) is 0.122. The van der Waals surface area contributed by atoms with Crippen LogP contribution in [-0.2, 0) is 22.7 Å². The molecule has 6 nitrogen and oxygen atoms in total. The highest BCUT2D eigenvalue weighted by Crippen LogP contribution is 2.49. The van der Waals surface area contributed by atoms with Crippen molar-refractivity contribution >= 4 is 100 Å². The van der Waals surface area contributed by atoms with E-state index in [-0.39, 0.29) is 24.9 Å². The highest BCUT2D eigenvalue weighted by Gasteiger charge is 2.49. The predicted molar refractivity (Wildman–Crippen MR) is 320 cm³/mol. The molecule has 0 bridgehead atoms. The van der Waals surface area contributed by atoms with Gasteiger partial charge in [-0.3, -0.25) is 9.59 Å². The van der Waals surface area contributed by atoms with Crippen LogP contribution in [0.5, 0.6) is 0 Å². The Kier molecular flexibility index (Phi) is 11.5. The number of rotatable bonds is 12. The van der Waals surface area contributed by atoms with Crippen molar-refractivity contribution in [2.24, 2.45) is 0 Å². The third-order valence-corrected chi connectivity index (χ3v) is 15.3. The molecule has 0 N–H and O–H groups in total. The van der Waals surface area contributed by atoms with E-state index in [1.54, 1.807) is 0 Å². The zero-order valence-corrected chi connectivity index (χ0v) is 42.6. The molecule has 14 rings (SSSR count). The van der Waals surface area contributed by atoms with Crippen LogP contribution in [0.2, 0.25) is 0 Å². The fourth-order valence-corrected chi connectivity index (χ4v) is 11.5. The van der Waals surface area contributed by atoms with Gasteiger partial charge in [0.2, 0.25) is 0 Å². The van der Waals surface area contributed by atoms with Gasteiger partial charge in [0.05, 0.1) is 35.6 Å². The Labute approximate surface area is 452 Å². The Morgan fingerprint density at radius 3 is 0.808 bits per heavy atom. The van der Waals surface area contributed by atoms with Gasteiger partial charge in [0.25, 0.3) is 11.8 Å². The van der Waals surface area contributed by atoms with Crippen LogP contribution >= 0.6 is 0 Å². The molecule has 0 saturated carbocycles. The molecule has 2 heterocycles. The van der Waals surface area contributed by atoms with Crippen molar-refractivity contribution in [2.45, 2.75) is 13.1 Å². The summed E-state index contributed by atoms with van der Waals surface area (Å²) in [7, 11) is 0. The van der Waals surface area contributed by atoms with Gasteiger partial charge in [-0.15, -0.1) is 0 Å². The summed E-state index contributed by atoms with van der Waals surface area (Å²) in [6.45, 7) is 0.573. The van der Waals surface area contributed by atoms with Crippen molar-refractivity contribution in [2.75, 3.05) is 9.80 Å². The Morgan fingerprint density at radius 2 is 0.513 bits per heavy atom. The summed E-state index contributed by atoms with van der Waals surface area (Å²) in [5, 5.41) is 9.22. The van der Waals surface area contributed by atoms with Crippen LogP contribution in [0.15, 0.2) is 290 Å². The lowest BCUT2D eigenvalue weighted by Gasteiger charge is -2.28. The number of carbonyl (C=O) groups is 2. The van der Waals surface area contributed by atoms with Crippen molar-refractivity contribution < 1.29 is 9.59 Å². The monoisotopic (exact) mass is 1000 g/mol. The van der Waals surface area contributed by atoms with Gasteiger partial charge in [-0.05, 0) is 138 Å². The van der Waals surface area contributed by atoms with E-state index >= 15 is 9.59 Å². The largest absolute Gasteiger partial charge is 0.310 e. The number of fused-ring (bicyclic) bond motifs is 5. The molecule has 2 amide bonds. The molecular formula is C72H50N4O2. The maximum absolute atomic E-state index is 15.7. The molecule has 78 heavy (non-hydrogen) atoms. The minimum Gasteiger partial charge on any atom is -0.310 e. The summed E-state index contributed by atoms with van der Waals surface area (Å²) in [6.07, 6.45) is 0. The number of anilines is 6. The first-order chi connectivity index (χ1) is 38.5. The lowest BCUT2D eigenvalue weighted by molar-refractivity contribution is -0.124. The third-order valence-electron chi connectivity index (χ3n) is 15.3. The molecular weight excluding hydrogens is 953 g/mol. The van der Waals surface area contributed by atoms with Crippen LogP contribution in [-0.4, -0.2) is 21.6 Å². The summed E-state index contributed by atoms with van der Waals surface area (Å²) < 4.78 is 0. The number of amides is 2. The summed E-state index contributed by atoms with van der Waals surface area (Å²) in [5.74, 6) is -0.419. The highest BCUT2D eigenvalue weighted by molar-refractivity contribution is 6.30. The molecule has 2 aliphatic rings. The van der Waals surface area contributed by atoms with Gasteiger partial charge in [-0.25, -0.2) is 0 Å². The van der Waals surface area contributed by atoms with E-state index in [2.05, 4.69) is 228 Å². The number of hydrogen-bond donors (Lipinski definition) is 0. The molecule has 0 unspecified atom stereocenters. The second-order valence-electron chi connectivity index (χ2n) is 20.1. The second-order valence-corrected chi connectivity index (χ2v) is 20.1. The zero-order chi connectivity index (χ0) is 52.1. The van der Waals surface area contributed by atoms with Gasteiger partial charge in [-0.1, -0.05) is 206 Å². The fraction of sp³-hybridized carbons (Fsp3) is 0.0278. The topological polar surface area (TPSA) is 47.1 Å². The van der Waals surface area contributed by atoms with Crippen LogP contribution in [0.1, 0.15) is 22.3 Å². The van der Waals surface area contributed by atoms with E-state index in [1.807, 2.05) is 70.5 Å². The average molecular weight is 1000 g/mol. The molecule has 6 heteroatoms. The predicted octanol–water partition coefficient (Wildman–Crippen LogP) is 17.4. The summed E-state index contributed by atoms with van der Waals surface area (Å²) in [4.78, 5) is 39.5. The van der Waals surface area contributed by atoms with E-state index in [9.17, 15) is 0 Å². The van der Waals surface area contributed by atoms with Crippen LogP contribution in [0, 0.1) is 0 Å². The first-order valence-corrected chi connectivity index (χ1v) is 26.5. The van der Waals surface area contributed by atoms with Crippen molar-refractivity contribution in [3.05, 3.63) is 312 Å². The van der Waals surface area contributed by atoms with Crippen molar-refractivity contribution in [1.82, 2.24) is 9.80 Å². The molecule has 0 saturated heterocycles. The van der Waals surface area contributed by atoms with E-state index in [4.69, 9.17) is 0 Å². The average Bonchev–Trinajstić information content (AvgIpc) is 4.18. The maximum Gasteiger partial charge on any atom is 0.261 e. The van der Waals surface area contributed by atoms with Crippen molar-refractivity contribution in [3.8, 4) is 0 Å². The van der Waals surface area contributed by atoms with E-state index in [0.717, 1.165) is 77.9 Å². The lowest BCUT2D eigenvalue weighted by atomic mass is 10.0. The van der Waals surface area contributed by atoms with Gasteiger partial charge < -0.3 is 19.6 Å².